The van der Waals surface area contributed by atoms with Crippen molar-refractivity contribution in [2.24, 2.45) is 0 Å². The van der Waals surface area contributed by atoms with Crippen LogP contribution in [-0.4, -0.2) is 51.5 Å². The molecule has 2 aliphatic heterocycles. The molecule has 0 radical (unpaired) electrons. The van der Waals surface area contributed by atoms with Crippen LogP contribution >= 0.6 is 24.0 Å². The molecule has 35 heavy (non-hydrogen) atoms. The van der Waals surface area contributed by atoms with E-state index in [2.05, 4.69) is 24.8 Å². The van der Waals surface area contributed by atoms with Crippen LogP contribution in [0.15, 0.2) is 9.70 Å². The van der Waals surface area contributed by atoms with Gasteiger partial charge in [-0.05, 0) is 45.3 Å². The van der Waals surface area contributed by atoms with Crippen LogP contribution in [0.25, 0.3) is 6.08 Å². The Morgan fingerprint density at radius 2 is 1.77 bits per heavy atom. The zero-order valence-electron chi connectivity index (χ0n) is 21.4. The predicted octanol–water partition coefficient (Wildman–Crippen LogP) is 4.83. The Kier molecular flexibility index (Phi) is 9.56. The molecule has 0 spiro atoms. The molecular formula is C26H36N4O3S2. The highest BCUT2D eigenvalue weighted by molar-refractivity contribution is 8.26. The van der Waals surface area contributed by atoms with Crippen LogP contribution in [0.3, 0.4) is 0 Å². The van der Waals surface area contributed by atoms with Crippen molar-refractivity contribution in [3.05, 3.63) is 31.9 Å². The molecule has 7 nitrogen and oxygen atoms in total. The van der Waals surface area contributed by atoms with Gasteiger partial charge in [0.15, 0.2) is 0 Å². The van der Waals surface area contributed by atoms with Gasteiger partial charge in [0.05, 0.1) is 17.1 Å². The van der Waals surface area contributed by atoms with Crippen molar-refractivity contribution in [3.8, 4) is 6.07 Å². The molecule has 2 saturated heterocycles. The third-order valence-corrected chi connectivity index (χ3v) is 7.81. The lowest BCUT2D eigenvalue weighted by Crippen LogP contribution is -2.48. The second-order valence-corrected chi connectivity index (χ2v) is 11.0. The maximum atomic E-state index is 13.4. The van der Waals surface area contributed by atoms with Gasteiger partial charge in [-0.3, -0.25) is 19.1 Å². The van der Waals surface area contributed by atoms with E-state index in [0.29, 0.717) is 41.0 Å². The van der Waals surface area contributed by atoms with Crippen molar-refractivity contribution in [2.45, 2.75) is 85.5 Å². The lowest BCUT2D eigenvalue weighted by Gasteiger charge is -2.39. The number of hydrogen-bond donors (Lipinski definition) is 0. The molecule has 0 N–H and O–H groups in total. The lowest BCUT2D eigenvalue weighted by molar-refractivity contribution is -0.122. The Hall–Kier alpha value is -2.15. The molecule has 2 fully saturated rings. The number of thioether (sulfide) groups is 1. The number of pyridine rings is 1. The average molecular weight is 517 g/mol. The molecule has 1 aromatic heterocycles. The topological polar surface area (TPSA) is 78.6 Å². The number of aromatic nitrogens is 1. The standard InChI is InChI=1S/C26H36N4O3S2/c1-6-8-10-12-30-25(32)22(35-26(30)34)13-20-19(5)21(14-27)24(31)29(11-9-7-2)23(20)28-15-17(3)33-18(4)16-28/h13,17-18H,6-12,15-16H2,1-5H3. The van der Waals surface area contributed by atoms with E-state index in [1.807, 2.05) is 19.9 Å². The SMILES string of the molecule is CCCCCN1C(=O)C(=Cc2c(C)c(C#N)c(=O)n(CCCC)c2N2CC(C)OC(C)C2)SC1=S. The average Bonchev–Trinajstić information content (AvgIpc) is 3.07. The summed E-state index contributed by atoms with van der Waals surface area (Å²) in [5, 5.41) is 9.86. The maximum absolute atomic E-state index is 13.4. The van der Waals surface area contributed by atoms with Gasteiger partial charge >= 0.3 is 0 Å². The Balaban J connectivity index is 2.17. The summed E-state index contributed by atoms with van der Waals surface area (Å²) >= 11 is 6.82. The minimum absolute atomic E-state index is 0.00551. The van der Waals surface area contributed by atoms with Crippen LogP contribution in [-0.2, 0) is 16.1 Å². The monoisotopic (exact) mass is 516 g/mol. The fraction of sp³-hybridized carbons (Fsp3) is 0.615. The van der Waals surface area contributed by atoms with Crippen molar-refractivity contribution in [1.82, 2.24) is 9.47 Å². The number of amides is 1. The molecule has 2 atom stereocenters. The highest BCUT2D eigenvalue weighted by Gasteiger charge is 2.34. The molecule has 2 aliphatic rings. The van der Waals surface area contributed by atoms with Crippen LogP contribution in [0, 0.1) is 18.3 Å². The van der Waals surface area contributed by atoms with Gasteiger partial charge in [0.1, 0.15) is 21.8 Å². The van der Waals surface area contributed by atoms with E-state index in [0.717, 1.165) is 43.5 Å². The number of unbranched alkanes of at least 4 members (excludes halogenated alkanes) is 3. The molecule has 1 aromatic rings. The van der Waals surface area contributed by atoms with Crippen LogP contribution in [0.5, 0.6) is 0 Å². The molecule has 0 saturated carbocycles. The number of rotatable bonds is 9. The number of morpholine rings is 1. The summed E-state index contributed by atoms with van der Waals surface area (Å²) in [6, 6.07) is 2.12. The molecule has 0 aromatic carbocycles. The Morgan fingerprint density at radius 3 is 2.37 bits per heavy atom. The van der Waals surface area contributed by atoms with Gasteiger partial charge in [-0.25, -0.2) is 0 Å². The van der Waals surface area contributed by atoms with E-state index in [9.17, 15) is 14.9 Å². The second-order valence-electron chi connectivity index (χ2n) is 9.36. The molecule has 3 rings (SSSR count). The normalized spacial score (nSPS) is 21.8. The van der Waals surface area contributed by atoms with Crippen LogP contribution in [0.4, 0.5) is 5.82 Å². The van der Waals surface area contributed by atoms with Gasteiger partial charge in [0.25, 0.3) is 11.5 Å². The molecule has 0 aliphatic carbocycles. The van der Waals surface area contributed by atoms with E-state index >= 15 is 0 Å². The third-order valence-electron chi connectivity index (χ3n) is 6.44. The largest absolute Gasteiger partial charge is 0.372 e. The summed E-state index contributed by atoms with van der Waals surface area (Å²) < 4.78 is 8.24. The summed E-state index contributed by atoms with van der Waals surface area (Å²) in [7, 11) is 0. The van der Waals surface area contributed by atoms with Crippen molar-refractivity contribution < 1.29 is 9.53 Å². The fourth-order valence-corrected chi connectivity index (χ4v) is 5.99. The first kappa shape index (κ1) is 27.4. The summed E-state index contributed by atoms with van der Waals surface area (Å²) in [6.45, 7) is 12.4. The van der Waals surface area contributed by atoms with E-state index < -0.39 is 0 Å². The van der Waals surface area contributed by atoms with Gasteiger partial charge in [0, 0.05) is 31.7 Å². The number of nitriles is 1. The van der Waals surface area contributed by atoms with E-state index in [-0.39, 0.29) is 29.2 Å². The molecule has 2 unspecified atom stereocenters. The number of nitrogens with zero attached hydrogens (tertiary/aromatic N) is 4. The van der Waals surface area contributed by atoms with Crippen molar-refractivity contribution >= 4 is 46.1 Å². The van der Waals surface area contributed by atoms with Gasteiger partial charge in [0.2, 0.25) is 0 Å². The highest BCUT2D eigenvalue weighted by Crippen LogP contribution is 2.36. The molecule has 0 bridgehead atoms. The number of carbonyl (C=O) groups excluding carboxylic acids is 1. The number of ether oxygens (including phenoxy) is 1. The molecule has 190 valence electrons. The van der Waals surface area contributed by atoms with Gasteiger partial charge < -0.3 is 9.64 Å². The first-order valence-corrected chi connectivity index (χ1v) is 13.8. The minimum Gasteiger partial charge on any atom is -0.372 e. The van der Waals surface area contributed by atoms with Crippen LogP contribution < -0.4 is 10.5 Å². The van der Waals surface area contributed by atoms with E-state index in [1.54, 1.807) is 16.4 Å². The quantitative estimate of drug-likeness (QED) is 0.264. The van der Waals surface area contributed by atoms with Crippen molar-refractivity contribution in [3.63, 3.8) is 0 Å². The lowest BCUT2D eigenvalue weighted by atomic mass is 10.0. The van der Waals surface area contributed by atoms with Crippen molar-refractivity contribution in [2.75, 3.05) is 24.5 Å². The van der Waals surface area contributed by atoms with E-state index in [4.69, 9.17) is 17.0 Å². The number of hydrogen-bond acceptors (Lipinski definition) is 7. The summed E-state index contributed by atoms with van der Waals surface area (Å²) in [5.41, 5.74) is 1.20. The minimum atomic E-state index is -0.274. The fourth-order valence-electron chi connectivity index (χ4n) is 4.70. The number of anilines is 1. The predicted molar refractivity (Wildman–Crippen MR) is 147 cm³/mol. The van der Waals surface area contributed by atoms with Gasteiger partial charge in [-0.1, -0.05) is 57.1 Å². The molecule has 1 amide bonds. The van der Waals surface area contributed by atoms with Crippen LogP contribution in [0.1, 0.15) is 76.5 Å². The van der Waals surface area contributed by atoms with E-state index in [1.165, 1.54) is 11.8 Å². The molecule has 3 heterocycles. The third kappa shape index (κ3) is 5.99. The smallest absolute Gasteiger partial charge is 0.270 e. The zero-order valence-corrected chi connectivity index (χ0v) is 23.1. The maximum Gasteiger partial charge on any atom is 0.270 e. The first-order chi connectivity index (χ1) is 16.7. The Morgan fingerprint density at radius 1 is 1.11 bits per heavy atom. The Bertz CT molecular complexity index is 1100. The number of thiocarbonyl (C=S) groups is 1. The second kappa shape index (κ2) is 12.2. The highest BCUT2D eigenvalue weighted by atomic mass is 32.2. The summed E-state index contributed by atoms with van der Waals surface area (Å²) in [5.74, 6) is 0.660. The van der Waals surface area contributed by atoms with Crippen LogP contribution in [0.2, 0.25) is 0 Å². The van der Waals surface area contributed by atoms with Gasteiger partial charge in [-0.15, -0.1) is 0 Å². The molecule has 9 heteroatoms. The summed E-state index contributed by atoms with van der Waals surface area (Å²) in [6.07, 6.45) is 6.59. The number of carbonyl (C=O) groups is 1. The van der Waals surface area contributed by atoms with Crippen molar-refractivity contribution in [1.29, 1.82) is 5.26 Å². The molecular weight excluding hydrogens is 480 g/mol. The van der Waals surface area contributed by atoms with Gasteiger partial charge in [-0.2, -0.15) is 5.26 Å². The first-order valence-electron chi connectivity index (χ1n) is 12.6. The Labute approximate surface area is 218 Å². The summed E-state index contributed by atoms with van der Waals surface area (Å²) in [4.78, 5) is 31.1. The zero-order chi connectivity index (χ0) is 25.7.